The van der Waals surface area contributed by atoms with Crippen LogP contribution in [0.3, 0.4) is 0 Å². The summed E-state index contributed by atoms with van der Waals surface area (Å²) in [6.45, 7) is 2.38. The first-order chi connectivity index (χ1) is 6.70. The van der Waals surface area contributed by atoms with Gasteiger partial charge in [0.2, 0.25) is 5.91 Å². The first-order valence-electron chi connectivity index (χ1n) is 4.57. The van der Waals surface area contributed by atoms with E-state index >= 15 is 0 Å². The van der Waals surface area contributed by atoms with Crippen molar-refractivity contribution in [2.75, 3.05) is 17.2 Å². The lowest BCUT2D eigenvalue weighted by atomic mass is 10.1. The van der Waals surface area contributed by atoms with Crippen LogP contribution in [0.4, 0.5) is 11.4 Å². The van der Waals surface area contributed by atoms with E-state index < -0.39 is 0 Å². The maximum atomic E-state index is 11.1. The second kappa shape index (κ2) is 3.50. The van der Waals surface area contributed by atoms with Gasteiger partial charge in [0.25, 0.3) is 0 Å². The number of fused-ring (bicyclic) bond motifs is 1. The molecule has 0 aromatic heterocycles. The van der Waals surface area contributed by atoms with Gasteiger partial charge in [-0.25, -0.2) is 0 Å². The Morgan fingerprint density at radius 3 is 2.93 bits per heavy atom. The van der Waals surface area contributed by atoms with E-state index in [4.69, 9.17) is 11.6 Å². The Morgan fingerprint density at radius 2 is 2.21 bits per heavy atom. The Balaban J connectivity index is 2.45. The smallest absolute Gasteiger partial charge is 0.243 e. The number of anilines is 2. The summed E-state index contributed by atoms with van der Waals surface area (Å²) < 4.78 is 0. The fraction of sp³-hybridized carbons (Fsp3) is 0.300. The molecule has 0 saturated carbocycles. The highest BCUT2D eigenvalue weighted by Gasteiger charge is 2.15. The summed E-state index contributed by atoms with van der Waals surface area (Å²) in [5.41, 5.74) is 2.81. The van der Waals surface area contributed by atoms with Crippen LogP contribution in [-0.4, -0.2) is 12.5 Å². The van der Waals surface area contributed by atoms with Crippen molar-refractivity contribution in [1.29, 1.82) is 0 Å². The predicted octanol–water partition coefficient (Wildman–Crippen LogP) is 2.27. The van der Waals surface area contributed by atoms with Crippen LogP contribution in [0.2, 0.25) is 5.02 Å². The van der Waals surface area contributed by atoms with Crippen LogP contribution in [-0.2, 0) is 11.2 Å². The van der Waals surface area contributed by atoms with Crippen molar-refractivity contribution < 1.29 is 4.79 Å². The topological polar surface area (TPSA) is 41.1 Å². The van der Waals surface area contributed by atoms with Gasteiger partial charge in [0.1, 0.15) is 0 Å². The Kier molecular flexibility index (Phi) is 2.33. The molecule has 0 saturated heterocycles. The van der Waals surface area contributed by atoms with Gasteiger partial charge in [-0.05, 0) is 24.1 Å². The molecule has 1 heterocycles. The highest BCUT2D eigenvalue weighted by molar-refractivity contribution is 6.32. The van der Waals surface area contributed by atoms with Crippen LogP contribution < -0.4 is 10.6 Å². The molecule has 0 fully saturated rings. The molecule has 1 aliphatic heterocycles. The Labute approximate surface area is 87.4 Å². The van der Waals surface area contributed by atoms with Gasteiger partial charge in [-0.3, -0.25) is 4.79 Å². The molecule has 2 rings (SSSR count). The minimum Gasteiger partial charge on any atom is -0.374 e. The minimum atomic E-state index is -0.0298. The molecule has 14 heavy (non-hydrogen) atoms. The minimum absolute atomic E-state index is 0.0298. The molecule has 4 heteroatoms. The van der Waals surface area contributed by atoms with Crippen LogP contribution in [0.5, 0.6) is 0 Å². The molecular formula is C10H11ClN2O. The van der Waals surface area contributed by atoms with E-state index in [1.165, 1.54) is 0 Å². The van der Waals surface area contributed by atoms with Crippen molar-refractivity contribution in [1.82, 2.24) is 0 Å². The van der Waals surface area contributed by atoms with Crippen LogP contribution in [0.15, 0.2) is 12.1 Å². The number of hydrogen-bond acceptors (Lipinski definition) is 2. The Bertz CT molecular complexity index is 390. The van der Waals surface area contributed by atoms with E-state index in [-0.39, 0.29) is 5.91 Å². The normalized spacial score (nSPS) is 14.3. The third-order valence-corrected chi connectivity index (χ3v) is 2.63. The largest absolute Gasteiger partial charge is 0.374 e. The molecule has 0 atom stereocenters. The maximum absolute atomic E-state index is 11.1. The second-order valence-electron chi connectivity index (χ2n) is 3.24. The summed E-state index contributed by atoms with van der Waals surface area (Å²) >= 11 is 6.03. The number of nitrogens with one attached hydrogen (secondary N) is 2. The fourth-order valence-electron chi connectivity index (χ4n) is 1.51. The quantitative estimate of drug-likeness (QED) is 0.747. The third kappa shape index (κ3) is 1.55. The van der Waals surface area contributed by atoms with Crippen LogP contribution in [0.25, 0.3) is 0 Å². The zero-order valence-corrected chi connectivity index (χ0v) is 8.61. The number of hydrogen-bond donors (Lipinski definition) is 2. The second-order valence-corrected chi connectivity index (χ2v) is 3.65. The van der Waals surface area contributed by atoms with Crippen molar-refractivity contribution in [3.8, 4) is 0 Å². The van der Waals surface area contributed by atoms with E-state index in [0.717, 1.165) is 23.4 Å². The first kappa shape index (κ1) is 9.34. The third-order valence-electron chi connectivity index (χ3n) is 2.28. The predicted molar refractivity (Wildman–Crippen MR) is 57.9 cm³/mol. The highest BCUT2D eigenvalue weighted by Crippen LogP contribution is 2.31. The summed E-state index contributed by atoms with van der Waals surface area (Å²) in [7, 11) is 0. The number of benzene rings is 1. The molecule has 0 bridgehead atoms. The monoisotopic (exact) mass is 210 g/mol. The number of halogens is 1. The summed E-state index contributed by atoms with van der Waals surface area (Å²) in [5.74, 6) is -0.0298. The van der Waals surface area contributed by atoms with Gasteiger partial charge in [-0.2, -0.15) is 0 Å². The average Bonchev–Trinajstić information content (AvgIpc) is 2.16. The molecule has 0 radical (unpaired) electrons. The number of carbonyl (C=O) groups is 1. The molecule has 1 aromatic rings. The molecule has 0 spiro atoms. The van der Waals surface area contributed by atoms with Gasteiger partial charge in [-0.1, -0.05) is 18.5 Å². The van der Waals surface area contributed by atoms with Gasteiger partial charge >= 0.3 is 0 Å². The van der Waals surface area contributed by atoms with Crippen molar-refractivity contribution in [3.05, 3.63) is 22.7 Å². The van der Waals surface area contributed by atoms with Crippen molar-refractivity contribution >= 4 is 28.9 Å². The Morgan fingerprint density at radius 1 is 1.43 bits per heavy atom. The van der Waals surface area contributed by atoms with Crippen LogP contribution >= 0.6 is 11.6 Å². The average molecular weight is 211 g/mol. The first-order valence-corrected chi connectivity index (χ1v) is 4.94. The van der Waals surface area contributed by atoms with Gasteiger partial charge < -0.3 is 10.6 Å². The van der Waals surface area contributed by atoms with Crippen molar-refractivity contribution in [2.45, 2.75) is 13.3 Å². The SMILES string of the molecule is CCc1cc2c(cc1Cl)NC(=O)CN2. The summed E-state index contributed by atoms with van der Waals surface area (Å²) in [4.78, 5) is 11.1. The van der Waals surface area contributed by atoms with Crippen molar-refractivity contribution in [3.63, 3.8) is 0 Å². The summed E-state index contributed by atoms with van der Waals surface area (Å²) in [5, 5.41) is 6.51. The molecule has 3 nitrogen and oxygen atoms in total. The zero-order chi connectivity index (χ0) is 10.1. The van der Waals surface area contributed by atoms with Crippen LogP contribution in [0, 0.1) is 0 Å². The molecule has 2 N–H and O–H groups in total. The molecule has 74 valence electrons. The lowest BCUT2D eigenvalue weighted by Gasteiger charge is -2.20. The summed E-state index contributed by atoms with van der Waals surface area (Å²) in [6, 6.07) is 3.77. The van der Waals surface area contributed by atoms with Gasteiger partial charge in [-0.15, -0.1) is 0 Å². The van der Waals surface area contributed by atoms with Crippen molar-refractivity contribution in [2.24, 2.45) is 0 Å². The molecule has 1 amide bonds. The Hall–Kier alpha value is -1.22. The van der Waals surface area contributed by atoms with E-state index in [1.54, 1.807) is 6.07 Å². The van der Waals surface area contributed by atoms with E-state index in [2.05, 4.69) is 17.6 Å². The fourth-order valence-corrected chi connectivity index (χ4v) is 1.81. The molecule has 0 aliphatic carbocycles. The maximum Gasteiger partial charge on any atom is 0.243 e. The van der Waals surface area contributed by atoms with E-state index in [0.29, 0.717) is 11.6 Å². The zero-order valence-electron chi connectivity index (χ0n) is 7.86. The molecule has 1 aromatic carbocycles. The highest BCUT2D eigenvalue weighted by atomic mass is 35.5. The lowest BCUT2D eigenvalue weighted by Crippen LogP contribution is -2.27. The molecular weight excluding hydrogens is 200 g/mol. The van der Waals surface area contributed by atoms with Crippen LogP contribution in [0.1, 0.15) is 12.5 Å². The van der Waals surface area contributed by atoms with Gasteiger partial charge in [0.05, 0.1) is 17.9 Å². The van der Waals surface area contributed by atoms with Gasteiger partial charge in [0, 0.05) is 5.02 Å². The standard InChI is InChI=1S/C10H11ClN2O/c1-2-6-3-8-9(4-7(6)11)13-10(14)5-12-8/h3-4,12H,2,5H2,1H3,(H,13,14). The number of amides is 1. The number of rotatable bonds is 1. The molecule has 1 aliphatic rings. The van der Waals surface area contributed by atoms with Gasteiger partial charge in [0.15, 0.2) is 0 Å². The van der Waals surface area contributed by atoms with E-state index in [9.17, 15) is 4.79 Å². The van der Waals surface area contributed by atoms with E-state index in [1.807, 2.05) is 6.07 Å². The molecule has 0 unspecified atom stereocenters. The summed E-state index contributed by atoms with van der Waals surface area (Å²) in [6.07, 6.45) is 0.891. The number of aryl methyl sites for hydroxylation is 1. The number of carbonyl (C=O) groups excluding carboxylic acids is 1. The lowest BCUT2D eigenvalue weighted by molar-refractivity contribution is -0.114.